The molecule has 8 heteroatoms. The Morgan fingerprint density at radius 3 is 2.43 bits per heavy atom. The number of fused-ring (bicyclic) bond motifs is 1. The largest absolute Gasteiger partial charge is 0.492 e. The van der Waals surface area contributed by atoms with Gasteiger partial charge in [0.05, 0.1) is 5.69 Å². The van der Waals surface area contributed by atoms with Crippen molar-refractivity contribution in [2.24, 2.45) is 0 Å². The van der Waals surface area contributed by atoms with Crippen LogP contribution in [0.3, 0.4) is 0 Å². The maximum atomic E-state index is 14.1. The molecule has 1 fully saturated rings. The second kappa shape index (κ2) is 14.9. The lowest BCUT2D eigenvalue weighted by molar-refractivity contribution is -0.116. The van der Waals surface area contributed by atoms with E-state index >= 15 is 0 Å². The number of anilines is 1. The molecule has 2 amide bonds. The van der Waals surface area contributed by atoms with Crippen molar-refractivity contribution in [3.63, 3.8) is 0 Å². The zero-order valence-corrected chi connectivity index (χ0v) is 24.8. The molecule has 3 heterocycles. The van der Waals surface area contributed by atoms with Crippen molar-refractivity contribution in [1.82, 2.24) is 19.7 Å². The number of nitrogens with zero attached hydrogens (tertiary/aromatic N) is 5. The predicted octanol–water partition coefficient (Wildman–Crippen LogP) is 4.85. The number of para-hydroxylation sites is 1. The van der Waals surface area contributed by atoms with Gasteiger partial charge in [-0.2, -0.15) is 0 Å². The first-order valence-electron chi connectivity index (χ1n) is 15.3. The van der Waals surface area contributed by atoms with E-state index in [0.29, 0.717) is 44.9 Å². The van der Waals surface area contributed by atoms with Crippen molar-refractivity contribution < 1.29 is 14.3 Å². The summed E-state index contributed by atoms with van der Waals surface area (Å²) in [7, 11) is 0. The van der Waals surface area contributed by atoms with Crippen LogP contribution in [0.1, 0.15) is 54.2 Å². The fraction of sp³-hybridized carbons (Fsp3) is 0.441. The molecule has 0 atom stereocenters. The zero-order valence-electron chi connectivity index (χ0n) is 24.8. The van der Waals surface area contributed by atoms with Crippen LogP contribution in [0.5, 0.6) is 5.75 Å². The quantitative estimate of drug-likeness (QED) is 0.405. The first-order chi connectivity index (χ1) is 20.6. The normalized spacial score (nSPS) is 17.3. The summed E-state index contributed by atoms with van der Waals surface area (Å²) >= 11 is 0. The molecule has 5 rings (SSSR count). The molecule has 2 aromatic carbocycles. The van der Waals surface area contributed by atoms with Gasteiger partial charge < -0.3 is 14.5 Å². The van der Waals surface area contributed by atoms with E-state index in [2.05, 4.69) is 14.8 Å². The van der Waals surface area contributed by atoms with Crippen molar-refractivity contribution in [2.45, 2.75) is 45.7 Å². The molecule has 0 radical (unpaired) electrons. The van der Waals surface area contributed by atoms with Crippen molar-refractivity contribution >= 4 is 17.5 Å². The first-order valence-corrected chi connectivity index (χ1v) is 15.3. The fourth-order valence-electron chi connectivity index (χ4n) is 5.90. The summed E-state index contributed by atoms with van der Waals surface area (Å²) in [5, 5.41) is 0. The van der Waals surface area contributed by atoms with Gasteiger partial charge in [0.25, 0.3) is 5.91 Å². The second-order valence-electron chi connectivity index (χ2n) is 11.3. The predicted molar refractivity (Wildman–Crippen MR) is 166 cm³/mol. The molecule has 0 aliphatic carbocycles. The fourth-order valence-corrected chi connectivity index (χ4v) is 5.90. The third-order valence-electron chi connectivity index (χ3n) is 8.17. The number of benzene rings is 2. The highest BCUT2D eigenvalue weighted by Crippen LogP contribution is 2.25. The van der Waals surface area contributed by atoms with Crippen LogP contribution in [0.2, 0.25) is 0 Å². The number of pyridine rings is 1. The van der Waals surface area contributed by atoms with Gasteiger partial charge in [0.15, 0.2) is 0 Å². The number of aromatic nitrogens is 1. The Morgan fingerprint density at radius 2 is 1.62 bits per heavy atom. The van der Waals surface area contributed by atoms with Gasteiger partial charge in [-0.25, -0.2) is 0 Å². The third-order valence-corrected chi connectivity index (χ3v) is 8.17. The molecule has 0 unspecified atom stereocenters. The Labute approximate surface area is 249 Å². The van der Waals surface area contributed by atoms with Crippen LogP contribution in [0.15, 0.2) is 72.9 Å². The highest BCUT2D eigenvalue weighted by Gasteiger charge is 2.23. The van der Waals surface area contributed by atoms with Crippen LogP contribution in [0.4, 0.5) is 5.69 Å². The molecule has 2 aliphatic heterocycles. The maximum absolute atomic E-state index is 14.1. The summed E-state index contributed by atoms with van der Waals surface area (Å²) in [5.41, 5.74) is 3.44. The zero-order chi connectivity index (χ0) is 29.1. The van der Waals surface area contributed by atoms with E-state index in [1.807, 2.05) is 82.7 Å². The Hall–Kier alpha value is -3.75. The molecule has 0 saturated carbocycles. The standard InChI is InChI=1S/C34H43N5O3/c1-28(40)39-20-10-19-37(27-31-13-5-6-16-35-31)21-22-38(26-30-11-3-4-15-33(30)39)34(41)29-12-9-14-32(25-29)42-24-23-36-17-7-2-8-18-36/h3-6,9,11-16,25H,2,7-8,10,17-24,26-27H2,1H3. The van der Waals surface area contributed by atoms with Gasteiger partial charge in [-0.15, -0.1) is 0 Å². The lowest BCUT2D eigenvalue weighted by Gasteiger charge is -2.28. The number of rotatable bonds is 7. The van der Waals surface area contributed by atoms with Crippen LogP contribution in [-0.2, 0) is 17.9 Å². The number of carbonyl (C=O) groups excluding carboxylic acids is 2. The SMILES string of the molecule is CC(=O)N1CCCN(Cc2ccccn2)CCN(C(=O)c2cccc(OCCN3CCCCC3)c2)Cc2ccccc21. The van der Waals surface area contributed by atoms with E-state index in [-0.39, 0.29) is 11.8 Å². The van der Waals surface area contributed by atoms with Gasteiger partial charge in [0, 0.05) is 70.2 Å². The maximum Gasteiger partial charge on any atom is 0.254 e. The topological polar surface area (TPSA) is 69.2 Å². The van der Waals surface area contributed by atoms with E-state index in [1.165, 1.54) is 19.3 Å². The molecule has 3 aromatic rings. The van der Waals surface area contributed by atoms with Crippen LogP contribution >= 0.6 is 0 Å². The molecule has 0 bridgehead atoms. The molecule has 8 nitrogen and oxygen atoms in total. The summed E-state index contributed by atoms with van der Waals surface area (Å²) in [5.74, 6) is 0.679. The molecule has 42 heavy (non-hydrogen) atoms. The Balaban J connectivity index is 1.35. The number of carbonyl (C=O) groups is 2. The Kier molecular flexibility index (Phi) is 10.6. The van der Waals surface area contributed by atoms with E-state index < -0.39 is 0 Å². The highest BCUT2D eigenvalue weighted by molar-refractivity contribution is 5.95. The van der Waals surface area contributed by atoms with E-state index in [1.54, 1.807) is 6.92 Å². The molecule has 1 aromatic heterocycles. The molecule has 1 saturated heterocycles. The minimum absolute atomic E-state index is 0.00486. The molecule has 2 aliphatic rings. The number of ether oxygens (including phenoxy) is 1. The van der Waals surface area contributed by atoms with Gasteiger partial charge in [-0.05, 0) is 74.3 Å². The van der Waals surface area contributed by atoms with Crippen LogP contribution in [0, 0.1) is 0 Å². The molecular weight excluding hydrogens is 526 g/mol. The van der Waals surface area contributed by atoms with Crippen molar-refractivity contribution in [3.05, 3.63) is 89.7 Å². The van der Waals surface area contributed by atoms with Crippen LogP contribution in [-0.4, -0.2) is 83.9 Å². The summed E-state index contributed by atoms with van der Waals surface area (Å²) < 4.78 is 6.09. The van der Waals surface area contributed by atoms with Gasteiger partial charge >= 0.3 is 0 Å². The first kappa shape index (κ1) is 29.7. The number of likely N-dealkylation sites (tertiary alicyclic amines) is 1. The average molecular weight is 570 g/mol. The summed E-state index contributed by atoms with van der Waals surface area (Å²) in [6.45, 7) is 9.18. The molecule has 0 N–H and O–H groups in total. The molecule has 0 spiro atoms. The number of hydrogen-bond acceptors (Lipinski definition) is 6. The van der Waals surface area contributed by atoms with Crippen LogP contribution in [0.25, 0.3) is 0 Å². The lowest BCUT2D eigenvalue weighted by Crippen LogP contribution is -2.38. The molecular formula is C34H43N5O3. The average Bonchev–Trinajstić information content (AvgIpc) is 3.05. The van der Waals surface area contributed by atoms with Crippen molar-refractivity contribution in [2.75, 3.05) is 57.3 Å². The van der Waals surface area contributed by atoms with Crippen molar-refractivity contribution in [3.8, 4) is 5.75 Å². The van der Waals surface area contributed by atoms with Gasteiger partial charge in [0.1, 0.15) is 12.4 Å². The molecule has 222 valence electrons. The van der Waals surface area contributed by atoms with E-state index in [9.17, 15) is 9.59 Å². The smallest absolute Gasteiger partial charge is 0.254 e. The number of amides is 2. The number of hydrogen-bond donors (Lipinski definition) is 0. The van der Waals surface area contributed by atoms with E-state index in [0.717, 1.165) is 55.3 Å². The Bertz CT molecular complexity index is 1310. The lowest BCUT2D eigenvalue weighted by atomic mass is 10.1. The number of piperidine rings is 1. The van der Waals surface area contributed by atoms with Crippen LogP contribution < -0.4 is 9.64 Å². The van der Waals surface area contributed by atoms with E-state index in [4.69, 9.17) is 4.74 Å². The van der Waals surface area contributed by atoms with Gasteiger partial charge in [-0.1, -0.05) is 36.8 Å². The Morgan fingerprint density at radius 1 is 0.810 bits per heavy atom. The van der Waals surface area contributed by atoms with Gasteiger partial charge in [-0.3, -0.25) is 24.4 Å². The summed E-state index contributed by atoms with van der Waals surface area (Å²) in [4.78, 5) is 39.9. The van der Waals surface area contributed by atoms with Gasteiger partial charge in [0.2, 0.25) is 5.91 Å². The minimum atomic E-state index is -0.0438. The monoisotopic (exact) mass is 569 g/mol. The second-order valence-corrected chi connectivity index (χ2v) is 11.3. The third kappa shape index (κ3) is 8.17. The minimum Gasteiger partial charge on any atom is -0.492 e. The summed E-state index contributed by atoms with van der Waals surface area (Å²) in [6.07, 6.45) is 6.47. The van der Waals surface area contributed by atoms with Crippen molar-refractivity contribution in [1.29, 1.82) is 0 Å². The highest BCUT2D eigenvalue weighted by atomic mass is 16.5. The summed E-state index contributed by atoms with van der Waals surface area (Å²) in [6, 6.07) is 21.4.